The van der Waals surface area contributed by atoms with Crippen molar-refractivity contribution in [2.75, 3.05) is 18.1 Å². The normalized spacial score (nSPS) is 16.7. The van der Waals surface area contributed by atoms with Gasteiger partial charge in [-0.2, -0.15) is 0 Å². The van der Waals surface area contributed by atoms with Crippen LogP contribution in [0.1, 0.15) is 22.6 Å². The molecular weight excluding hydrogens is 427 g/mol. The Hall–Kier alpha value is -0.720. The first-order valence-corrected chi connectivity index (χ1v) is 8.49. The summed E-state index contributed by atoms with van der Waals surface area (Å²) < 4.78 is 0. The molecule has 2 aromatic carbocycles. The molecule has 0 spiro atoms. The van der Waals surface area contributed by atoms with Crippen molar-refractivity contribution < 1.29 is 0 Å². The average Bonchev–Trinajstić information content (AvgIpc) is 2.67. The predicted octanol–water partition coefficient (Wildman–Crippen LogP) is 5.54. The Bertz CT molecular complexity index is 686. The SMILES string of the molecule is CSC1=NCC(c2ccc(C)cc2)c2cc(Cl)ccc2N1.I. The Morgan fingerprint density at radius 2 is 1.91 bits per heavy atom. The Kier molecular flexibility index (Phi) is 6.17. The number of halogens is 2. The maximum atomic E-state index is 6.21. The molecule has 1 N–H and O–H groups in total. The van der Waals surface area contributed by atoms with Gasteiger partial charge >= 0.3 is 0 Å². The van der Waals surface area contributed by atoms with E-state index in [1.54, 1.807) is 11.8 Å². The Morgan fingerprint density at radius 3 is 2.59 bits per heavy atom. The van der Waals surface area contributed by atoms with Crippen LogP contribution in [0.25, 0.3) is 0 Å². The first-order chi connectivity index (χ1) is 10.2. The summed E-state index contributed by atoms with van der Waals surface area (Å²) in [6, 6.07) is 14.7. The van der Waals surface area contributed by atoms with Gasteiger partial charge in [0, 0.05) is 16.6 Å². The van der Waals surface area contributed by atoms with Gasteiger partial charge in [-0.15, -0.1) is 24.0 Å². The van der Waals surface area contributed by atoms with E-state index in [0.717, 1.165) is 22.4 Å². The molecule has 1 aliphatic rings. The lowest BCUT2D eigenvalue weighted by molar-refractivity contribution is 0.830. The van der Waals surface area contributed by atoms with Crippen molar-refractivity contribution in [1.29, 1.82) is 0 Å². The van der Waals surface area contributed by atoms with E-state index in [1.165, 1.54) is 16.7 Å². The maximum Gasteiger partial charge on any atom is 0.160 e. The maximum absolute atomic E-state index is 6.21. The van der Waals surface area contributed by atoms with Crippen LogP contribution < -0.4 is 5.32 Å². The predicted molar refractivity (Wildman–Crippen MR) is 109 cm³/mol. The number of fused-ring (bicyclic) bond motifs is 1. The highest BCUT2D eigenvalue weighted by molar-refractivity contribution is 14.0. The molecule has 0 radical (unpaired) electrons. The van der Waals surface area contributed by atoms with Crippen LogP contribution in [0.3, 0.4) is 0 Å². The Labute approximate surface area is 157 Å². The molecule has 1 aliphatic heterocycles. The first kappa shape index (κ1) is 17.6. The number of thioether (sulfide) groups is 1. The lowest BCUT2D eigenvalue weighted by atomic mass is 9.90. The van der Waals surface area contributed by atoms with E-state index in [9.17, 15) is 0 Å². The van der Waals surface area contributed by atoms with Gasteiger partial charge in [-0.25, -0.2) is 0 Å². The smallest absolute Gasteiger partial charge is 0.160 e. The van der Waals surface area contributed by atoms with Gasteiger partial charge in [-0.3, -0.25) is 4.99 Å². The van der Waals surface area contributed by atoms with Crippen molar-refractivity contribution in [2.45, 2.75) is 12.8 Å². The number of aryl methyl sites for hydroxylation is 1. The highest BCUT2D eigenvalue weighted by Crippen LogP contribution is 2.35. The van der Waals surface area contributed by atoms with Gasteiger partial charge in [0.1, 0.15) is 0 Å². The van der Waals surface area contributed by atoms with E-state index >= 15 is 0 Å². The Balaban J connectivity index is 0.00000176. The van der Waals surface area contributed by atoms with Crippen LogP contribution in [0.15, 0.2) is 47.5 Å². The van der Waals surface area contributed by atoms with Gasteiger partial charge in [0.05, 0.1) is 6.54 Å². The van der Waals surface area contributed by atoms with Crippen LogP contribution in [0.4, 0.5) is 5.69 Å². The molecule has 2 aromatic rings. The molecule has 0 amide bonds. The zero-order valence-corrected chi connectivity index (χ0v) is 16.4. The fraction of sp³-hybridized carbons (Fsp3) is 0.235. The van der Waals surface area contributed by atoms with E-state index in [2.05, 4.69) is 36.5 Å². The van der Waals surface area contributed by atoms with Crippen LogP contribution in [-0.4, -0.2) is 18.0 Å². The van der Waals surface area contributed by atoms with Gasteiger partial charge in [-0.05, 0) is 42.5 Å². The highest BCUT2D eigenvalue weighted by Gasteiger charge is 2.21. The third-order valence-electron chi connectivity index (χ3n) is 3.72. The van der Waals surface area contributed by atoms with Crippen molar-refractivity contribution in [2.24, 2.45) is 4.99 Å². The third-order valence-corrected chi connectivity index (χ3v) is 4.57. The molecule has 0 aliphatic carbocycles. The standard InChI is InChI=1S/C17H17ClN2S.HI/c1-11-3-5-12(6-4-11)15-10-19-17(21-2)20-16-8-7-13(18)9-14(15)16;/h3-9,15H,10H2,1-2H3,(H,19,20);1H. The number of hydrogen-bond donors (Lipinski definition) is 1. The summed E-state index contributed by atoms with van der Waals surface area (Å²) >= 11 is 7.84. The molecule has 116 valence electrons. The lowest BCUT2D eigenvalue weighted by Gasteiger charge is -2.17. The number of rotatable bonds is 1. The number of hydrogen-bond acceptors (Lipinski definition) is 3. The summed E-state index contributed by atoms with van der Waals surface area (Å²) in [6.07, 6.45) is 2.04. The molecule has 1 unspecified atom stereocenters. The molecule has 1 atom stereocenters. The van der Waals surface area contributed by atoms with Gasteiger partial charge in [-0.1, -0.05) is 53.2 Å². The number of nitrogens with one attached hydrogen (secondary N) is 1. The van der Waals surface area contributed by atoms with Gasteiger partial charge in [0.25, 0.3) is 0 Å². The monoisotopic (exact) mass is 444 g/mol. The fourth-order valence-corrected chi connectivity index (χ4v) is 3.16. The van der Waals surface area contributed by atoms with Gasteiger partial charge in [0.15, 0.2) is 5.17 Å². The van der Waals surface area contributed by atoms with E-state index in [0.29, 0.717) is 0 Å². The second-order valence-electron chi connectivity index (χ2n) is 5.17. The number of benzene rings is 2. The van der Waals surface area contributed by atoms with Crippen molar-refractivity contribution in [3.8, 4) is 0 Å². The number of anilines is 1. The summed E-state index contributed by atoms with van der Waals surface area (Å²) in [6.45, 7) is 2.84. The molecule has 2 nitrogen and oxygen atoms in total. The van der Waals surface area contributed by atoms with Crippen LogP contribution in [0, 0.1) is 6.92 Å². The molecular formula is C17H18ClIN2S. The minimum atomic E-state index is 0. The van der Waals surface area contributed by atoms with Gasteiger partial charge < -0.3 is 5.32 Å². The van der Waals surface area contributed by atoms with Crippen LogP contribution in [0.5, 0.6) is 0 Å². The quantitative estimate of drug-likeness (QED) is 0.584. The van der Waals surface area contributed by atoms with Crippen molar-refractivity contribution in [1.82, 2.24) is 0 Å². The van der Waals surface area contributed by atoms with E-state index in [1.807, 2.05) is 24.5 Å². The van der Waals surface area contributed by atoms with Gasteiger partial charge in [0.2, 0.25) is 0 Å². The summed E-state index contributed by atoms with van der Waals surface area (Å²) in [4.78, 5) is 4.69. The van der Waals surface area contributed by atoms with Crippen molar-refractivity contribution in [3.63, 3.8) is 0 Å². The number of amidine groups is 1. The van der Waals surface area contributed by atoms with E-state index in [4.69, 9.17) is 16.6 Å². The third kappa shape index (κ3) is 3.78. The molecule has 22 heavy (non-hydrogen) atoms. The van der Waals surface area contributed by atoms with E-state index in [-0.39, 0.29) is 29.9 Å². The topological polar surface area (TPSA) is 24.4 Å². The second-order valence-corrected chi connectivity index (χ2v) is 6.40. The van der Waals surface area contributed by atoms with E-state index < -0.39 is 0 Å². The summed E-state index contributed by atoms with van der Waals surface area (Å²) in [5.41, 5.74) is 4.84. The zero-order chi connectivity index (χ0) is 14.8. The largest absolute Gasteiger partial charge is 0.335 e. The molecule has 0 fully saturated rings. The van der Waals surface area contributed by atoms with Crippen molar-refractivity contribution in [3.05, 3.63) is 64.2 Å². The molecule has 3 rings (SSSR count). The molecule has 1 heterocycles. The summed E-state index contributed by atoms with van der Waals surface area (Å²) in [5, 5.41) is 5.12. The number of nitrogens with zero attached hydrogens (tertiary/aromatic N) is 1. The van der Waals surface area contributed by atoms with Crippen molar-refractivity contribution >= 4 is 58.2 Å². The van der Waals surface area contributed by atoms with Crippen LogP contribution in [-0.2, 0) is 0 Å². The summed E-state index contributed by atoms with van der Waals surface area (Å²) in [5.74, 6) is 0.233. The molecule has 0 aromatic heterocycles. The number of aliphatic imine (C=N–C) groups is 1. The first-order valence-electron chi connectivity index (χ1n) is 6.89. The highest BCUT2D eigenvalue weighted by atomic mass is 127. The minimum Gasteiger partial charge on any atom is -0.335 e. The lowest BCUT2D eigenvalue weighted by Crippen LogP contribution is -2.07. The molecule has 0 bridgehead atoms. The Morgan fingerprint density at radius 1 is 1.18 bits per heavy atom. The second kappa shape index (κ2) is 7.70. The van der Waals surface area contributed by atoms with Crippen LogP contribution in [0.2, 0.25) is 5.02 Å². The fourth-order valence-electron chi connectivity index (χ4n) is 2.56. The average molecular weight is 445 g/mol. The zero-order valence-electron chi connectivity index (χ0n) is 12.5. The molecule has 5 heteroatoms. The summed E-state index contributed by atoms with van der Waals surface area (Å²) in [7, 11) is 0. The molecule has 0 saturated carbocycles. The minimum absolute atomic E-state index is 0. The molecule has 0 saturated heterocycles. The van der Waals surface area contributed by atoms with Crippen LogP contribution >= 0.6 is 47.3 Å².